The van der Waals surface area contributed by atoms with Crippen molar-refractivity contribution in [2.24, 2.45) is 0 Å². The minimum absolute atomic E-state index is 0.252. The lowest BCUT2D eigenvalue weighted by Gasteiger charge is -2.03. The van der Waals surface area contributed by atoms with Gasteiger partial charge in [-0.1, -0.05) is 43.8 Å². The minimum Gasteiger partial charge on any atom is -0.353 e. The van der Waals surface area contributed by atoms with Gasteiger partial charge in [-0.2, -0.15) is 5.10 Å². The number of benzene rings is 2. The summed E-state index contributed by atoms with van der Waals surface area (Å²) < 4.78 is 13.8. The summed E-state index contributed by atoms with van der Waals surface area (Å²) in [4.78, 5) is 7.78. The van der Waals surface area contributed by atoms with Gasteiger partial charge in [0, 0.05) is 28.5 Å². The van der Waals surface area contributed by atoms with Crippen molar-refractivity contribution in [3.8, 4) is 22.5 Å². The fourth-order valence-corrected chi connectivity index (χ4v) is 4.13. The molecule has 0 saturated carbocycles. The Morgan fingerprint density at radius 2 is 1.94 bits per heavy atom. The van der Waals surface area contributed by atoms with Crippen molar-refractivity contribution < 1.29 is 4.39 Å². The van der Waals surface area contributed by atoms with Crippen molar-refractivity contribution >= 4 is 29.1 Å². The Hall–Kier alpha value is -4.25. The monoisotopic (exact) mass is 448 g/mol. The lowest BCUT2D eigenvalue weighted by molar-refractivity contribution is 0.628. The standard InChI is InChI=1S/C29H25FN4/c1-4-20-13-22(17-31-16-20)18(2)11-12-26-19(3)29(34-33-26)28-15-25-24(9-6-10-27(25)32-28)21-7-5-8-23(30)14-21/h5-17,32-33H,3-4H2,1-2H3/b18-11+,26-12+. The Labute approximate surface area is 197 Å². The van der Waals surface area contributed by atoms with Gasteiger partial charge in [-0.05, 0) is 77.6 Å². The van der Waals surface area contributed by atoms with E-state index in [1.165, 1.54) is 11.6 Å². The topological polar surface area (TPSA) is 57.4 Å². The molecule has 0 spiro atoms. The zero-order chi connectivity index (χ0) is 23.7. The number of rotatable bonds is 5. The van der Waals surface area contributed by atoms with Crippen LogP contribution in [0.5, 0.6) is 0 Å². The molecule has 0 unspecified atom stereocenters. The summed E-state index contributed by atoms with van der Waals surface area (Å²) in [5.41, 5.74) is 7.81. The summed E-state index contributed by atoms with van der Waals surface area (Å²) in [6.45, 7) is 8.45. The molecule has 0 radical (unpaired) electrons. The van der Waals surface area contributed by atoms with E-state index in [4.69, 9.17) is 0 Å². The molecule has 5 rings (SSSR count). The molecule has 3 heterocycles. The van der Waals surface area contributed by atoms with Crippen molar-refractivity contribution in [1.82, 2.24) is 20.2 Å². The second-order valence-electron chi connectivity index (χ2n) is 8.38. The number of hydrogen-bond donors (Lipinski definition) is 2. The van der Waals surface area contributed by atoms with E-state index in [0.29, 0.717) is 0 Å². The first-order valence-electron chi connectivity index (χ1n) is 11.3. The van der Waals surface area contributed by atoms with Crippen LogP contribution in [0.3, 0.4) is 0 Å². The number of fused-ring (bicyclic) bond motifs is 1. The summed E-state index contributed by atoms with van der Waals surface area (Å²) in [5, 5.41) is 10.3. The molecule has 2 N–H and O–H groups in total. The van der Waals surface area contributed by atoms with Crippen molar-refractivity contribution in [3.05, 3.63) is 101 Å². The van der Waals surface area contributed by atoms with Crippen LogP contribution in [0.2, 0.25) is 0 Å². The quantitative estimate of drug-likeness (QED) is 0.367. The van der Waals surface area contributed by atoms with Crippen molar-refractivity contribution in [3.63, 3.8) is 0 Å². The van der Waals surface area contributed by atoms with Gasteiger partial charge in [0.25, 0.3) is 0 Å². The van der Waals surface area contributed by atoms with E-state index in [9.17, 15) is 4.39 Å². The number of pyridine rings is 1. The van der Waals surface area contributed by atoms with Gasteiger partial charge in [-0.15, -0.1) is 0 Å². The van der Waals surface area contributed by atoms with E-state index in [0.717, 1.165) is 61.5 Å². The third-order valence-electron chi connectivity index (χ3n) is 6.11. The zero-order valence-electron chi connectivity index (χ0n) is 19.2. The fraction of sp³-hybridized carbons (Fsp3) is 0.103. The summed E-state index contributed by atoms with van der Waals surface area (Å²) >= 11 is 0. The van der Waals surface area contributed by atoms with Crippen LogP contribution in [0.1, 0.15) is 25.0 Å². The predicted molar refractivity (Wildman–Crippen MR) is 138 cm³/mol. The van der Waals surface area contributed by atoms with E-state index >= 15 is 0 Å². The molecule has 0 bridgehead atoms. The molecular formula is C29H25FN4. The molecule has 5 aromatic rings. The second kappa shape index (κ2) is 8.94. The molecule has 0 fully saturated rings. The number of halogens is 1. The van der Waals surface area contributed by atoms with Crippen molar-refractivity contribution in [2.45, 2.75) is 20.3 Å². The molecular weight excluding hydrogens is 423 g/mol. The Morgan fingerprint density at radius 3 is 2.76 bits per heavy atom. The minimum atomic E-state index is -0.252. The average Bonchev–Trinajstić information content (AvgIpc) is 3.45. The third-order valence-corrected chi connectivity index (χ3v) is 6.11. The maximum atomic E-state index is 13.8. The van der Waals surface area contributed by atoms with Gasteiger partial charge >= 0.3 is 0 Å². The van der Waals surface area contributed by atoms with Gasteiger partial charge < -0.3 is 4.98 Å². The van der Waals surface area contributed by atoms with Gasteiger partial charge in [-0.25, -0.2) is 4.39 Å². The first-order chi connectivity index (χ1) is 16.5. The number of aromatic nitrogens is 4. The van der Waals surface area contributed by atoms with Crippen LogP contribution in [0, 0.1) is 5.82 Å². The Balaban J connectivity index is 1.53. The normalized spacial score (nSPS) is 12.6. The van der Waals surface area contributed by atoms with Crippen LogP contribution >= 0.6 is 0 Å². The number of aryl methyl sites for hydroxylation is 1. The molecule has 2 aromatic carbocycles. The van der Waals surface area contributed by atoms with E-state index in [-0.39, 0.29) is 5.82 Å². The number of H-pyrrole nitrogens is 2. The fourth-order valence-electron chi connectivity index (χ4n) is 4.13. The SMILES string of the molecule is C=c1c(-c2cc3c(-c4cccc(F)c4)cccc3[nH]2)n[nH]/c1=C/C=C(\C)c1cncc(CC)c1. The molecule has 0 aliphatic carbocycles. The highest BCUT2D eigenvalue weighted by Crippen LogP contribution is 2.31. The number of aromatic amines is 2. The molecule has 3 aromatic heterocycles. The van der Waals surface area contributed by atoms with Gasteiger partial charge in [0.1, 0.15) is 11.5 Å². The van der Waals surface area contributed by atoms with Gasteiger partial charge in [0.15, 0.2) is 0 Å². The molecule has 0 atom stereocenters. The van der Waals surface area contributed by atoms with Crippen LogP contribution in [0.25, 0.3) is 51.6 Å². The summed E-state index contributed by atoms with van der Waals surface area (Å²) in [7, 11) is 0. The smallest absolute Gasteiger partial charge is 0.123 e. The first-order valence-corrected chi connectivity index (χ1v) is 11.3. The highest BCUT2D eigenvalue weighted by Gasteiger charge is 2.11. The van der Waals surface area contributed by atoms with E-state index in [1.807, 2.05) is 48.8 Å². The van der Waals surface area contributed by atoms with E-state index in [1.54, 1.807) is 12.1 Å². The number of nitrogens with zero attached hydrogens (tertiary/aromatic N) is 2. The molecule has 168 valence electrons. The zero-order valence-corrected chi connectivity index (χ0v) is 19.2. The molecule has 34 heavy (non-hydrogen) atoms. The molecule has 5 heteroatoms. The predicted octanol–water partition coefficient (Wildman–Crippen LogP) is 5.62. The Bertz CT molecular complexity index is 1640. The highest BCUT2D eigenvalue weighted by molar-refractivity contribution is 5.98. The summed E-state index contributed by atoms with van der Waals surface area (Å²) in [6.07, 6.45) is 8.78. The van der Waals surface area contributed by atoms with E-state index in [2.05, 4.69) is 52.7 Å². The number of hydrogen-bond acceptors (Lipinski definition) is 2. The summed E-state index contributed by atoms with van der Waals surface area (Å²) in [6, 6.07) is 16.8. The Morgan fingerprint density at radius 1 is 1.09 bits per heavy atom. The van der Waals surface area contributed by atoms with Crippen molar-refractivity contribution in [2.75, 3.05) is 0 Å². The van der Waals surface area contributed by atoms with Crippen LogP contribution in [-0.4, -0.2) is 20.2 Å². The molecule has 4 nitrogen and oxygen atoms in total. The highest BCUT2D eigenvalue weighted by atomic mass is 19.1. The lowest BCUT2D eigenvalue weighted by atomic mass is 10.0. The van der Waals surface area contributed by atoms with Crippen LogP contribution in [-0.2, 0) is 6.42 Å². The molecule has 0 aliphatic heterocycles. The van der Waals surface area contributed by atoms with E-state index < -0.39 is 0 Å². The van der Waals surface area contributed by atoms with Gasteiger partial charge in [0.2, 0.25) is 0 Å². The van der Waals surface area contributed by atoms with Crippen molar-refractivity contribution in [1.29, 1.82) is 0 Å². The maximum Gasteiger partial charge on any atom is 0.123 e. The van der Waals surface area contributed by atoms with Crippen LogP contribution in [0.4, 0.5) is 4.39 Å². The Kier molecular flexibility index (Phi) is 5.68. The number of nitrogens with one attached hydrogen (secondary N) is 2. The van der Waals surface area contributed by atoms with Crippen LogP contribution in [0.15, 0.2) is 73.1 Å². The third kappa shape index (κ3) is 4.08. The number of allylic oxidation sites excluding steroid dienone is 2. The van der Waals surface area contributed by atoms with Crippen LogP contribution < -0.4 is 10.6 Å². The summed E-state index contributed by atoms with van der Waals surface area (Å²) in [5.74, 6) is -0.252. The first kappa shape index (κ1) is 21.6. The molecule has 0 saturated heterocycles. The lowest BCUT2D eigenvalue weighted by Crippen LogP contribution is -2.21. The van der Waals surface area contributed by atoms with Gasteiger partial charge in [-0.3, -0.25) is 10.1 Å². The maximum absolute atomic E-state index is 13.8. The largest absolute Gasteiger partial charge is 0.353 e. The average molecular weight is 449 g/mol. The molecule has 0 amide bonds. The van der Waals surface area contributed by atoms with Gasteiger partial charge in [0.05, 0.1) is 11.0 Å². The second-order valence-corrected chi connectivity index (χ2v) is 8.38. The molecule has 0 aliphatic rings.